The molecule has 0 radical (unpaired) electrons. The van der Waals surface area contributed by atoms with Crippen LogP contribution < -0.4 is 4.90 Å². The predicted octanol–water partition coefficient (Wildman–Crippen LogP) is 3.10. The average molecular weight is 272 g/mol. The van der Waals surface area contributed by atoms with Gasteiger partial charge in [0.1, 0.15) is 0 Å². The third-order valence-electron chi connectivity index (χ3n) is 3.39. The van der Waals surface area contributed by atoms with Crippen LogP contribution in [0.15, 0.2) is 30.5 Å². The van der Waals surface area contributed by atoms with Crippen LogP contribution in [-0.4, -0.2) is 29.7 Å². The summed E-state index contributed by atoms with van der Waals surface area (Å²) in [4.78, 5) is 17.1. The molecule has 2 aromatic rings. The molecule has 4 nitrogen and oxygen atoms in total. The Balaban J connectivity index is 2.35. The number of aromatic nitrogens is 1. The number of anilines is 1. The van der Waals surface area contributed by atoms with Gasteiger partial charge in [-0.15, -0.1) is 0 Å². The average Bonchev–Trinajstić information content (AvgIpc) is 2.44. The number of hydrogen-bond acceptors (Lipinski definition) is 3. The Morgan fingerprint density at radius 1 is 1.35 bits per heavy atom. The highest BCUT2D eigenvalue weighted by Crippen LogP contribution is 2.26. The van der Waals surface area contributed by atoms with E-state index in [0.717, 1.165) is 29.4 Å². The summed E-state index contributed by atoms with van der Waals surface area (Å²) in [6.07, 6.45) is 4.06. The van der Waals surface area contributed by atoms with Crippen LogP contribution in [0.2, 0.25) is 0 Å². The summed E-state index contributed by atoms with van der Waals surface area (Å²) in [5, 5.41) is 9.89. The van der Waals surface area contributed by atoms with Gasteiger partial charge < -0.3 is 10.0 Å². The van der Waals surface area contributed by atoms with Gasteiger partial charge in [-0.25, -0.2) is 0 Å². The van der Waals surface area contributed by atoms with Gasteiger partial charge in [-0.3, -0.25) is 9.78 Å². The third kappa shape index (κ3) is 3.26. The van der Waals surface area contributed by atoms with Crippen LogP contribution in [0.5, 0.6) is 0 Å². The van der Waals surface area contributed by atoms with Crippen molar-refractivity contribution in [1.82, 2.24) is 4.98 Å². The lowest BCUT2D eigenvalue weighted by molar-refractivity contribution is -0.136. The number of hydrogen-bond donors (Lipinski definition) is 1. The van der Waals surface area contributed by atoms with Gasteiger partial charge in [0.2, 0.25) is 0 Å². The fourth-order valence-corrected chi connectivity index (χ4v) is 2.34. The molecule has 0 spiro atoms. The summed E-state index contributed by atoms with van der Waals surface area (Å²) in [6.45, 7) is 2.65. The number of carboxylic acid groups (broad SMARTS) is 1. The second-order valence-electron chi connectivity index (χ2n) is 5.00. The smallest absolute Gasteiger partial charge is 0.305 e. The number of nitrogens with zero attached hydrogens (tertiary/aromatic N) is 2. The van der Waals surface area contributed by atoms with E-state index in [1.165, 1.54) is 5.56 Å². The summed E-state index contributed by atoms with van der Waals surface area (Å²) in [7, 11) is 1.92. The van der Waals surface area contributed by atoms with Gasteiger partial charge >= 0.3 is 5.97 Å². The molecule has 1 N–H and O–H groups in total. The van der Waals surface area contributed by atoms with E-state index in [1.54, 1.807) is 6.20 Å². The first-order valence-corrected chi connectivity index (χ1v) is 6.92. The van der Waals surface area contributed by atoms with Crippen LogP contribution >= 0.6 is 0 Å². The minimum Gasteiger partial charge on any atom is -0.481 e. The number of benzene rings is 1. The molecule has 0 saturated heterocycles. The first-order chi connectivity index (χ1) is 9.61. The van der Waals surface area contributed by atoms with Crippen molar-refractivity contribution in [2.24, 2.45) is 0 Å². The van der Waals surface area contributed by atoms with Gasteiger partial charge in [0, 0.05) is 30.9 Å². The lowest BCUT2D eigenvalue weighted by Crippen LogP contribution is -2.21. The lowest BCUT2D eigenvalue weighted by atomic mass is 10.1. The molecule has 1 heterocycles. The molecule has 0 saturated carbocycles. The molecular formula is C16H20N2O2. The van der Waals surface area contributed by atoms with Gasteiger partial charge in [-0.05, 0) is 30.2 Å². The molecule has 1 aromatic heterocycles. The number of fused-ring (bicyclic) bond motifs is 1. The number of carboxylic acids is 1. The Kier molecular flexibility index (Phi) is 4.56. The van der Waals surface area contributed by atoms with Crippen LogP contribution in [0, 0.1) is 0 Å². The highest BCUT2D eigenvalue weighted by molar-refractivity contribution is 5.92. The fourth-order valence-electron chi connectivity index (χ4n) is 2.34. The van der Waals surface area contributed by atoms with Gasteiger partial charge in [0.25, 0.3) is 0 Å². The normalized spacial score (nSPS) is 10.7. The van der Waals surface area contributed by atoms with Gasteiger partial charge in [-0.2, -0.15) is 0 Å². The summed E-state index contributed by atoms with van der Waals surface area (Å²) < 4.78 is 0. The van der Waals surface area contributed by atoms with E-state index in [0.29, 0.717) is 6.54 Å². The molecule has 0 amide bonds. The molecule has 0 unspecified atom stereocenters. The van der Waals surface area contributed by atoms with Gasteiger partial charge in [0.05, 0.1) is 11.9 Å². The van der Waals surface area contributed by atoms with Crippen LogP contribution in [0.3, 0.4) is 0 Å². The molecule has 20 heavy (non-hydrogen) atoms. The highest BCUT2D eigenvalue weighted by atomic mass is 16.4. The van der Waals surface area contributed by atoms with E-state index in [-0.39, 0.29) is 6.42 Å². The van der Waals surface area contributed by atoms with Crippen molar-refractivity contribution in [3.63, 3.8) is 0 Å². The molecular weight excluding hydrogens is 252 g/mol. The maximum absolute atomic E-state index is 10.7. The zero-order valence-corrected chi connectivity index (χ0v) is 12.0. The monoisotopic (exact) mass is 272 g/mol. The van der Waals surface area contributed by atoms with Crippen molar-refractivity contribution >= 4 is 22.6 Å². The fraction of sp³-hybridized carbons (Fsp3) is 0.375. The molecule has 0 aliphatic rings. The highest BCUT2D eigenvalue weighted by Gasteiger charge is 2.09. The molecule has 1 aromatic carbocycles. The SMILES string of the molecule is CCCc1ccc2nccc(N(C)CCC(=O)O)c2c1. The van der Waals surface area contributed by atoms with Crippen molar-refractivity contribution in [3.05, 3.63) is 36.0 Å². The van der Waals surface area contributed by atoms with Crippen LogP contribution in [0.1, 0.15) is 25.3 Å². The predicted molar refractivity (Wildman–Crippen MR) is 81.3 cm³/mol. The van der Waals surface area contributed by atoms with Crippen molar-refractivity contribution in [1.29, 1.82) is 0 Å². The van der Waals surface area contributed by atoms with E-state index >= 15 is 0 Å². The van der Waals surface area contributed by atoms with Gasteiger partial charge in [0.15, 0.2) is 0 Å². The summed E-state index contributed by atoms with van der Waals surface area (Å²) in [6, 6.07) is 8.26. The molecule has 4 heteroatoms. The first-order valence-electron chi connectivity index (χ1n) is 6.92. The standard InChI is InChI=1S/C16H20N2O2/c1-3-4-12-5-6-14-13(11-12)15(7-9-17-14)18(2)10-8-16(19)20/h5-7,9,11H,3-4,8,10H2,1-2H3,(H,19,20). The third-order valence-corrected chi connectivity index (χ3v) is 3.39. The first kappa shape index (κ1) is 14.3. The Morgan fingerprint density at radius 3 is 2.85 bits per heavy atom. The van der Waals surface area contributed by atoms with Crippen LogP contribution in [0.4, 0.5) is 5.69 Å². The van der Waals surface area contributed by atoms with Crippen LogP contribution in [-0.2, 0) is 11.2 Å². The minimum absolute atomic E-state index is 0.134. The Hall–Kier alpha value is -2.10. The topological polar surface area (TPSA) is 53.4 Å². The van der Waals surface area contributed by atoms with Crippen molar-refractivity contribution < 1.29 is 9.90 Å². The molecule has 0 aliphatic carbocycles. The van der Waals surface area contributed by atoms with E-state index in [2.05, 4.69) is 24.0 Å². The maximum Gasteiger partial charge on any atom is 0.305 e. The number of carbonyl (C=O) groups is 1. The summed E-state index contributed by atoms with van der Waals surface area (Å²) in [5.41, 5.74) is 3.28. The van der Waals surface area contributed by atoms with Crippen molar-refractivity contribution in [2.45, 2.75) is 26.2 Å². The second-order valence-corrected chi connectivity index (χ2v) is 5.00. The van der Waals surface area contributed by atoms with E-state index in [4.69, 9.17) is 5.11 Å². The molecule has 0 aliphatic heterocycles. The zero-order chi connectivity index (χ0) is 14.5. The maximum atomic E-state index is 10.7. The lowest BCUT2D eigenvalue weighted by Gasteiger charge is -2.20. The number of pyridine rings is 1. The quantitative estimate of drug-likeness (QED) is 0.878. The molecule has 0 bridgehead atoms. The second kappa shape index (κ2) is 6.37. The number of aryl methyl sites for hydroxylation is 1. The largest absolute Gasteiger partial charge is 0.481 e. The molecule has 106 valence electrons. The molecule has 0 fully saturated rings. The molecule has 2 rings (SSSR count). The number of rotatable bonds is 6. The molecule has 0 atom stereocenters. The van der Waals surface area contributed by atoms with Gasteiger partial charge in [-0.1, -0.05) is 19.4 Å². The Labute approximate surface area is 119 Å². The van der Waals surface area contributed by atoms with Crippen LogP contribution in [0.25, 0.3) is 10.9 Å². The van der Waals surface area contributed by atoms with E-state index < -0.39 is 5.97 Å². The number of aliphatic carboxylic acids is 1. The van der Waals surface area contributed by atoms with E-state index in [9.17, 15) is 4.79 Å². The van der Waals surface area contributed by atoms with E-state index in [1.807, 2.05) is 24.1 Å². The Bertz CT molecular complexity index is 610. The van der Waals surface area contributed by atoms with Crippen molar-refractivity contribution in [3.8, 4) is 0 Å². The summed E-state index contributed by atoms with van der Waals surface area (Å²) in [5.74, 6) is -0.776. The Morgan fingerprint density at radius 2 is 2.15 bits per heavy atom. The zero-order valence-electron chi connectivity index (χ0n) is 12.0. The van der Waals surface area contributed by atoms with Crippen molar-refractivity contribution in [2.75, 3.05) is 18.5 Å². The minimum atomic E-state index is -0.776. The summed E-state index contributed by atoms with van der Waals surface area (Å²) >= 11 is 0.